The van der Waals surface area contributed by atoms with Gasteiger partial charge < -0.3 is 0 Å². The molecule has 0 radical (unpaired) electrons. The third kappa shape index (κ3) is 4.66. The molecule has 2 nitrogen and oxygen atoms in total. The van der Waals surface area contributed by atoms with Crippen LogP contribution in [0.1, 0.15) is 11.1 Å². The Kier molecular flexibility index (Phi) is 5.72. The molecule has 2 aromatic carbocycles. The van der Waals surface area contributed by atoms with Crippen LogP contribution in [0.3, 0.4) is 0 Å². The molecule has 0 fully saturated rings. The summed E-state index contributed by atoms with van der Waals surface area (Å²) < 4.78 is 15.2. The molecule has 1 unspecified atom stereocenters. The molecule has 0 spiro atoms. The van der Waals surface area contributed by atoms with Crippen LogP contribution in [-0.2, 0) is 12.8 Å². The number of nitrogens with two attached hydrogens (primary N) is 1. The smallest absolute Gasteiger partial charge is 0.124 e. The van der Waals surface area contributed by atoms with Crippen LogP contribution in [0.2, 0.25) is 0 Å². The van der Waals surface area contributed by atoms with E-state index in [2.05, 4.69) is 49.4 Å². The molecule has 0 aliphatic carbocycles. The van der Waals surface area contributed by atoms with E-state index in [1.54, 1.807) is 0 Å². The van der Waals surface area contributed by atoms with Crippen molar-refractivity contribution in [3.8, 4) is 0 Å². The van der Waals surface area contributed by atoms with Crippen LogP contribution in [-0.4, -0.2) is 6.04 Å². The van der Waals surface area contributed by atoms with E-state index in [-0.39, 0.29) is 11.9 Å². The second-order valence-electron chi connectivity index (χ2n) is 4.68. The van der Waals surface area contributed by atoms with Crippen LogP contribution < -0.4 is 11.3 Å². The summed E-state index contributed by atoms with van der Waals surface area (Å²) in [4.78, 5) is 0. The van der Waals surface area contributed by atoms with Crippen molar-refractivity contribution in [2.45, 2.75) is 18.9 Å². The van der Waals surface area contributed by atoms with E-state index in [0.717, 1.165) is 20.9 Å². The van der Waals surface area contributed by atoms with Crippen LogP contribution in [0.15, 0.2) is 51.4 Å². The summed E-state index contributed by atoms with van der Waals surface area (Å²) >= 11 is 6.71. The molecule has 2 rings (SSSR count). The number of nitrogens with one attached hydrogen (secondary N) is 1. The average molecular weight is 402 g/mol. The van der Waals surface area contributed by atoms with Crippen molar-refractivity contribution in [3.05, 3.63) is 68.4 Å². The van der Waals surface area contributed by atoms with Gasteiger partial charge in [0, 0.05) is 15.0 Å². The number of hydrogen-bond donors (Lipinski definition) is 2. The lowest BCUT2D eigenvalue weighted by Gasteiger charge is -2.16. The fourth-order valence-corrected chi connectivity index (χ4v) is 2.89. The maximum absolute atomic E-state index is 13.4. The molecule has 0 heterocycles. The van der Waals surface area contributed by atoms with Crippen molar-refractivity contribution in [2.24, 2.45) is 5.84 Å². The molecule has 0 saturated carbocycles. The van der Waals surface area contributed by atoms with E-state index in [9.17, 15) is 4.39 Å². The second kappa shape index (κ2) is 7.31. The Labute approximate surface area is 134 Å². The molecule has 106 valence electrons. The Morgan fingerprint density at radius 3 is 2.20 bits per heavy atom. The molecule has 0 aromatic heterocycles. The van der Waals surface area contributed by atoms with Gasteiger partial charge in [0.25, 0.3) is 0 Å². The number of halogens is 3. The van der Waals surface area contributed by atoms with Gasteiger partial charge in [-0.3, -0.25) is 11.3 Å². The van der Waals surface area contributed by atoms with E-state index in [4.69, 9.17) is 5.84 Å². The maximum Gasteiger partial charge on any atom is 0.124 e. The van der Waals surface area contributed by atoms with E-state index in [0.29, 0.717) is 6.42 Å². The van der Waals surface area contributed by atoms with Gasteiger partial charge in [-0.05, 0) is 54.3 Å². The van der Waals surface area contributed by atoms with Crippen molar-refractivity contribution in [1.29, 1.82) is 0 Å². The van der Waals surface area contributed by atoms with Crippen molar-refractivity contribution >= 4 is 31.9 Å². The van der Waals surface area contributed by atoms with E-state index >= 15 is 0 Å². The Morgan fingerprint density at radius 2 is 1.60 bits per heavy atom. The van der Waals surface area contributed by atoms with Crippen LogP contribution in [0.5, 0.6) is 0 Å². The van der Waals surface area contributed by atoms with Crippen LogP contribution in [0.4, 0.5) is 4.39 Å². The highest BCUT2D eigenvalue weighted by atomic mass is 79.9. The molecule has 1 atom stereocenters. The second-order valence-corrected chi connectivity index (χ2v) is 6.51. The zero-order valence-corrected chi connectivity index (χ0v) is 13.9. The predicted octanol–water partition coefficient (Wildman–Crippen LogP) is 3.97. The maximum atomic E-state index is 13.4. The van der Waals surface area contributed by atoms with E-state index < -0.39 is 0 Å². The Morgan fingerprint density at radius 1 is 0.950 bits per heavy atom. The molecule has 0 saturated heterocycles. The fourth-order valence-electron chi connectivity index (χ4n) is 2.11. The number of benzene rings is 2. The molecule has 0 aliphatic heterocycles. The molecule has 20 heavy (non-hydrogen) atoms. The Balaban J connectivity index is 2.06. The fraction of sp³-hybridized carbons (Fsp3) is 0.200. The summed E-state index contributed by atoms with van der Waals surface area (Å²) in [6.07, 6.45) is 1.46. The topological polar surface area (TPSA) is 38.0 Å². The first-order chi connectivity index (χ1) is 9.56. The van der Waals surface area contributed by atoms with Gasteiger partial charge in [-0.2, -0.15) is 0 Å². The quantitative estimate of drug-likeness (QED) is 0.587. The number of hydrogen-bond acceptors (Lipinski definition) is 2. The van der Waals surface area contributed by atoms with Gasteiger partial charge in [0.15, 0.2) is 0 Å². The highest BCUT2D eigenvalue weighted by Crippen LogP contribution is 2.18. The highest BCUT2D eigenvalue weighted by Gasteiger charge is 2.10. The lowest BCUT2D eigenvalue weighted by atomic mass is 9.99. The summed E-state index contributed by atoms with van der Waals surface area (Å²) in [6, 6.07) is 13.1. The van der Waals surface area contributed by atoms with Crippen LogP contribution in [0.25, 0.3) is 0 Å². The van der Waals surface area contributed by atoms with Crippen LogP contribution >= 0.6 is 31.9 Å². The Hall–Kier alpha value is -0.750. The van der Waals surface area contributed by atoms with Gasteiger partial charge in [-0.25, -0.2) is 4.39 Å². The lowest BCUT2D eigenvalue weighted by Crippen LogP contribution is -2.38. The Bertz CT molecular complexity index is 552. The van der Waals surface area contributed by atoms with Gasteiger partial charge in [-0.1, -0.05) is 44.0 Å². The monoisotopic (exact) mass is 400 g/mol. The third-order valence-electron chi connectivity index (χ3n) is 3.04. The number of hydrazine groups is 1. The molecule has 5 heteroatoms. The predicted molar refractivity (Wildman–Crippen MR) is 86.8 cm³/mol. The van der Waals surface area contributed by atoms with Crippen molar-refractivity contribution in [2.75, 3.05) is 0 Å². The zero-order valence-electron chi connectivity index (χ0n) is 10.7. The molecule has 3 N–H and O–H groups in total. The largest absolute Gasteiger partial charge is 0.271 e. The average Bonchev–Trinajstić information content (AvgIpc) is 2.39. The minimum absolute atomic E-state index is 0.0601. The van der Waals surface area contributed by atoms with Crippen molar-refractivity contribution < 1.29 is 4.39 Å². The highest BCUT2D eigenvalue weighted by molar-refractivity contribution is 9.10. The first-order valence-electron chi connectivity index (χ1n) is 6.22. The summed E-state index contributed by atoms with van der Waals surface area (Å²) in [5, 5.41) is 0. The summed E-state index contributed by atoms with van der Waals surface area (Å²) in [6.45, 7) is 0. The van der Waals surface area contributed by atoms with Crippen molar-refractivity contribution in [1.82, 2.24) is 5.43 Å². The normalized spacial score (nSPS) is 12.4. The molecule has 0 amide bonds. The lowest BCUT2D eigenvalue weighted by molar-refractivity contribution is 0.520. The van der Waals surface area contributed by atoms with E-state index in [1.807, 2.05) is 18.2 Å². The minimum Gasteiger partial charge on any atom is -0.271 e. The van der Waals surface area contributed by atoms with E-state index in [1.165, 1.54) is 17.7 Å². The van der Waals surface area contributed by atoms with Crippen LogP contribution in [0, 0.1) is 5.82 Å². The standard InChI is InChI=1S/C15H15Br2FN2/c16-12-3-1-10(2-4-12)7-15(20-19)8-11-5-13(17)9-14(18)6-11/h1-6,9,15,20H,7-8,19H2. The number of rotatable bonds is 5. The first-order valence-corrected chi connectivity index (χ1v) is 7.81. The zero-order chi connectivity index (χ0) is 14.5. The summed E-state index contributed by atoms with van der Waals surface area (Å²) in [7, 11) is 0. The van der Waals surface area contributed by atoms with Gasteiger partial charge in [0.1, 0.15) is 5.82 Å². The molecule has 2 aromatic rings. The van der Waals surface area contributed by atoms with Gasteiger partial charge in [0.05, 0.1) is 0 Å². The SMILES string of the molecule is NNC(Cc1ccc(Br)cc1)Cc1cc(F)cc(Br)c1. The van der Waals surface area contributed by atoms with Gasteiger partial charge in [-0.15, -0.1) is 0 Å². The third-order valence-corrected chi connectivity index (χ3v) is 4.02. The summed E-state index contributed by atoms with van der Waals surface area (Å²) in [5.74, 6) is 5.37. The van der Waals surface area contributed by atoms with Gasteiger partial charge >= 0.3 is 0 Å². The molecular formula is C15H15Br2FN2. The molecular weight excluding hydrogens is 387 g/mol. The molecule has 0 aliphatic rings. The summed E-state index contributed by atoms with van der Waals surface area (Å²) in [5.41, 5.74) is 4.90. The first kappa shape index (κ1) is 15.6. The minimum atomic E-state index is -0.242. The molecule has 0 bridgehead atoms. The van der Waals surface area contributed by atoms with Crippen molar-refractivity contribution in [3.63, 3.8) is 0 Å². The van der Waals surface area contributed by atoms with Gasteiger partial charge in [0.2, 0.25) is 0 Å².